The first kappa shape index (κ1) is 19.0. The molecular weight excluding hydrogens is 304 g/mol. The zero-order valence-electron chi connectivity index (χ0n) is 11.5. The van der Waals surface area contributed by atoms with Gasteiger partial charge in [0.15, 0.2) is 0 Å². The van der Waals surface area contributed by atoms with Crippen LogP contribution in [0.1, 0.15) is 12.8 Å². The van der Waals surface area contributed by atoms with Crippen LogP contribution in [0.3, 0.4) is 0 Å². The van der Waals surface area contributed by atoms with E-state index in [0.29, 0.717) is 0 Å². The van der Waals surface area contributed by atoms with Gasteiger partial charge in [-0.2, -0.15) is 26.3 Å². The average molecular weight is 324 g/mol. The van der Waals surface area contributed by atoms with Gasteiger partial charge in [0.1, 0.15) is 17.2 Å². The second-order valence-electron chi connectivity index (χ2n) is 5.34. The van der Waals surface area contributed by atoms with E-state index in [1.807, 2.05) is 4.23 Å². The zero-order valence-corrected chi connectivity index (χ0v) is 13.5. The fourth-order valence-corrected chi connectivity index (χ4v) is 8.64. The van der Waals surface area contributed by atoms with Gasteiger partial charge in [0.2, 0.25) is 0 Å². The Morgan fingerprint density at radius 3 is 1.74 bits per heavy atom. The highest BCUT2D eigenvalue weighted by Gasteiger charge is 2.37. The van der Waals surface area contributed by atoms with Gasteiger partial charge in [-0.05, 0) is 19.1 Å². The summed E-state index contributed by atoms with van der Waals surface area (Å²) in [7, 11) is -2.03. The van der Waals surface area contributed by atoms with Crippen LogP contribution in [-0.2, 0) is 0 Å². The molecule has 0 heterocycles. The first-order valence-electron chi connectivity index (χ1n) is 5.94. The fourth-order valence-electron chi connectivity index (χ4n) is 1.62. The first-order chi connectivity index (χ1) is 8.25. The van der Waals surface area contributed by atoms with Crippen LogP contribution in [-0.4, -0.2) is 40.8 Å². The molecule has 0 aliphatic heterocycles. The van der Waals surface area contributed by atoms with E-state index in [2.05, 4.69) is 0 Å². The number of alkyl halides is 6. The minimum absolute atomic E-state index is 0.0209. The van der Waals surface area contributed by atoms with Gasteiger partial charge in [-0.15, -0.1) is 0 Å². The summed E-state index contributed by atoms with van der Waals surface area (Å²) in [4.78, 5) is 0. The average Bonchev–Trinajstić information content (AvgIpc) is 2.20. The van der Waals surface area contributed by atoms with E-state index < -0.39 is 42.4 Å². The van der Waals surface area contributed by atoms with Gasteiger partial charge in [-0.1, -0.05) is 19.6 Å². The van der Waals surface area contributed by atoms with Crippen molar-refractivity contribution >= 4 is 17.2 Å². The highest BCUT2D eigenvalue weighted by Crippen LogP contribution is 2.29. The number of rotatable bonds is 6. The van der Waals surface area contributed by atoms with Crippen molar-refractivity contribution in [1.82, 2.24) is 4.23 Å². The molecule has 1 nitrogen and oxygen atoms in total. The maximum atomic E-state index is 12.2. The third-order valence-electron chi connectivity index (χ3n) is 3.27. The van der Waals surface area contributed by atoms with E-state index >= 15 is 0 Å². The highest BCUT2D eigenvalue weighted by atomic mass is 28.4. The van der Waals surface area contributed by atoms with Crippen LogP contribution in [0.4, 0.5) is 26.3 Å². The van der Waals surface area contributed by atoms with E-state index in [1.54, 1.807) is 26.7 Å². The fraction of sp³-hybridized carbons (Fsp3) is 1.00. The normalized spacial score (nSPS) is 14.5. The molecule has 9 heteroatoms. The summed E-state index contributed by atoms with van der Waals surface area (Å²) in [6, 6.07) is 0.0497. The lowest BCUT2D eigenvalue weighted by Crippen LogP contribution is -2.53. The third kappa shape index (κ3) is 8.69. The molecule has 0 aliphatic rings. The molecule has 0 atom stereocenters. The van der Waals surface area contributed by atoms with Crippen LogP contribution in [0.15, 0.2) is 0 Å². The van der Waals surface area contributed by atoms with Crippen LogP contribution in [0.2, 0.25) is 31.7 Å². The Morgan fingerprint density at radius 2 is 1.37 bits per heavy atom. The standard InChI is InChI=1S/C10H20F6NSi2/c1-17(18(2)7-5-9(11,12)13)19(3,4)8-6-10(14,15)16/h5-8H2,1-4H3. The Labute approximate surface area is 112 Å². The zero-order chi connectivity index (χ0) is 15.5. The van der Waals surface area contributed by atoms with Crippen molar-refractivity contribution in [3.63, 3.8) is 0 Å². The van der Waals surface area contributed by atoms with Crippen molar-refractivity contribution in [2.24, 2.45) is 0 Å². The summed E-state index contributed by atoms with van der Waals surface area (Å²) in [5.41, 5.74) is 0. The molecule has 0 saturated heterocycles. The van der Waals surface area contributed by atoms with Crippen LogP contribution in [0.25, 0.3) is 0 Å². The monoisotopic (exact) mass is 324 g/mol. The lowest BCUT2D eigenvalue weighted by molar-refractivity contribution is -0.131. The van der Waals surface area contributed by atoms with Crippen molar-refractivity contribution in [1.29, 1.82) is 0 Å². The molecule has 0 fully saturated rings. The summed E-state index contributed by atoms with van der Waals surface area (Å²) in [6.07, 6.45) is -10.1. The van der Waals surface area contributed by atoms with Crippen LogP contribution in [0, 0.1) is 0 Å². The van der Waals surface area contributed by atoms with Gasteiger partial charge in [-0.3, -0.25) is 0 Å². The molecule has 0 aromatic rings. The van der Waals surface area contributed by atoms with Crippen LogP contribution < -0.4 is 0 Å². The van der Waals surface area contributed by atoms with Crippen molar-refractivity contribution in [3.8, 4) is 0 Å². The topological polar surface area (TPSA) is 3.24 Å². The molecule has 0 aromatic heterocycles. The lowest BCUT2D eigenvalue weighted by Gasteiger charge is -2.38. The Balaban J connectivity index is 4.39. The largest absolute Gasteiger partial charge is 0.388 e. The van der Waals surface area contributed by atoms with Gasteiger partial charge >= 0.3 is 12.4 Å². The van der Waals surface area contributed by atoms with Crippen LogP contribution >= 0.6 is 0 Å². The minimum atomic E-state index is -4.20. The van der Waals surface area contributed by atoms with Gasteiger partial charge in [0.05, 0.1) is 0 Å². The van der Waals surface area contributed by atoms with Gasteiger partial charge in [0.25, 0.3) is 0 Å². The molecule has 0 amide bonds. The summed E-state index contributed by atoms with van der Waals surface area (Å²) in [5, 5.41) is 0. The van der Waals surface area contributed by atoms with E-state index in [1.165, 1.54) is 0 Å². The SMILES string of the molecule is CN([Si](C)CCC(F)(F)F)[Si](C)(C)CCC(F)(F)F. The molecule has 0 aliphatic carbocycles. The molecular formula is C10H20F6NSi2. The number of nitrogens with zero attached hydrogens (tertiary/aromatic N) is 1. The first-order valence-corrected chi connectivity index (χ1v) is 11.3. The second kappa shape index (κ2) is 6.62. The smallest absolute Gasteiger partial charge is 0.349 e. The summed E-state index contributed by atoms with van der Waals surface area (Å²) < 4.78 is 74.9. The molecule has 0 saturated carbocycles. The van der Waals surface area contributed by atoms with E-state index in [0.717, 1.165) is 0 Å². The van der Waals surface area contributed by atoms with Gasteiger partial charge < -0.3 is 4.23 Å². The molecule has 0 rings (SSSR count). The Hall–Kier alpha value is -0.0262. The van der Waals surface area contributed by atoms with Crippen LogP contribution in [0.5, 0.6) is 0 Å². The van der Waals surface area contributed by atoms with Crippen molar-refractivity contribution in [3.05, 3.63) is 0 Å². The van der Waals surface area contributed by atoms with E-state index in [9.17, 15) is 26.3 Å². The molecule has 0 bridgehead atoms. The molecule has 0 spiro atoms. The molecule has 0 unspecified atom stereocenters. The molecule has 0 N–H and O–H groups in total. The highest BCUT2D eigenvalue weighted by molar-refractivity contribution is 6.83. The third-order valence-corrected chi connectivity index (χ3v) is 11.6. The van der Waals surface area contributed by atoms with Gasteiger partial charge in [0, 0.05) is 12.8 Å². The summed E-state index contributed by atoms with van der Waals surface area (Å²) in [5.74, 6) is 0. The van der Waals surface area contributed by atoms with E-state index in [-0.39, 0.29) is 12.1 Å². The number of hydrogen-bond donors (Lipinski definition) is 0. The minimum Gasteiger partial charge on any atom is -0.349 e. The number of halogens is 6. The predicted molar refractivity (Wildman–Crippen MR) is 67.8 cm³/mol. The molecule has 19 heavy (non-hydrogen) atoms. The molecule has 115 valence electrons. The Morgan fingerprint density at radius 1 is 0.947 bits per heavy atom. The molecule has 1 radical (unpaired) electrons. The predicted octanol–water partition coefficient (Wildman–Crippen LogP) is 4.65. The van der Waals surface area contributed by atoms with Crippen molar-refractivity contribution in [2.45, 2.75) is 56.9 Å². The summed E-state index contributed by atoms with van der Waals surface area (Å²) >= 11 is 0. The Bertz CT molecular complexity index is 276. The lowest BCUT2D eigenvalue weighted by atomic mass is 10.5. The quantitative estimate of drug-likeness (QED) is 0.508. The summed E-state index contributed by atoms with van der Waals surface area (Å²) in [6.45, 7) is 5.29. The van der Waals surface area contributed by atoms with Crippen molar-refractivity contribution < 1.29 is 26.3 Å². The Kier molecular flexibility index (Phi) is 6.61. The van der Waals surface area contributed by atoms with E-state index in [4.69, 9.17) is 0 Å². The second-order valence-corrected chi connectivity index (χ2v) is 13.2. The number of hydrogen-bond acceptors (Lipinski definition) is 1. The van der Waals surface area contributed by atoms with Gasteiger partial charge in [-0.25, -0.2) is 0 Å². The van der Waals surface area contributed by atoms with Crippen molar-refractivity contribution in [2.75, 3.05) is 7.05 Å². The maximum Gasteiger partial charge on any atom is 0.388 e. The maximum absolute atomic E-state index is 12.2. The molecule has 0 aromatic carbocycles.